The molecule has 33 heavy (non-hydrogen) atoms. The monoisotopic (exact) mass is 466 g/mol. The minimum absolute atomic E-state index is 0.166. The molecule has 10 heteroatoms. The van der Waals surface area contributed by atoms with E-state index in [9.17, 15) is 27.9 Å². The highest BCUT2D eigenvalue weighted by Gasteiger charge is 2.38. The number of amides is 1. The van der Waals surface area contributed by atoms with Gasteiger partial charge in [0.25, 0.3) is 5.91 Å². The van der Waals surface area contributed by atoms with Crippen molar-refractivity contribution in [3.63, 3.8) is 0 Å². The van der Waals surface area contributed by atoms with E-state index < -0.39 is 18.1 Å². The first-order valence-corrected chi connectivity index (χ1v) is 10.2. The first-order chi connectivity index (χ1) is 15.4. The van der Waals surface area contributed by atoms with Gasteiger partial charge in [-0.2, -0.15) is 13.2 Å². The number of alkyl halides is 3. The van der Waals surface area contributed by atoms with E-state index in [-0.39, 0.29) is 11.5 Å². The van der Waals surface area contributed by atoms with E-state index in [1.807, 2.05) is 25.1 Å². The number of rotatable bonds is 4. The lowest BCUT2D eigenvalue weighted by Gasteiger charge is -2.34. The molecule has 1 atom stereocenters. The lowest BCUT2D eigenvalue weighted by atomic mass is 9.99. The maximum absolute atomic E-state index is 12.7. The molecule has 0 bridgehead atoms. The van der Waals surface area contributed by atoms with Gasteiger partial charge in [-0.05, 0) is 55.5 Å². The largest absolute Gasteiger partial charge is 0.490 e. The minimum atomic E-state index is -5.08. The number of aromatic carboxylic acids is 1. The molecular weight excluding hydrogens is 441 g/mol. The smallest absolute Gasteiger partial charge is 0.478 e. The lowest BCUT2D eigenvalue weighted by Crippen LogP contribution is -2.35. The average molecular weight is 466 g/mol. The zero-order chi connectivity index (χ0) is 24.8. The summed E-state index contributed by atoms with van der Waals surface area (Å²) in [6.07, 6.45) is -2.80. The molecule has 0 saturated carbocycles. The van der Waals surface area contributed by atoms with Gasteiger partial charge in [0.1, 0.15) is 0 Å². The molecule has 3 N–H and O–H groups in total. The number of carboxylic acids is 2. The predicted octanol–water partition coefficient (Wildman–Crippen LogP) is 4.82. The highest BCUT2D eigenvalue weighted by molar-refractivity contribution is 6.07. The van der Waals surface area contributed by atoms with E-state index in [1.54, 1.807) is 24.3 Å². The second-order valence-corrected chi connectivity index (χ2v) is 7.80. The number of carboxylic acid groups (broad SMARTS) is 2. The average Bonchev–Trinajstić information content (AvgIpc) is 2.73. The van der Waals surface area contributed by atoms with Crippen LogP contribution in [0.25, 0.3) is 0 Å². The Kier molecular flexibility index (Phi) is 8.44. The number of anilines is 2. The fourth-order valence-corrected chi connectivity index (χ4v) is 3.47. The second-order valence-electron chi connectivity index (χ2n) is 7.80. The zero-order valence-corrected chi connectivity index (χ0v) is 18.1. The molecule has 2 aromatic rings. The Morgan fingerprint density at radius 1 is 1.09 bits per heavy atom. The molecule has 1 heterocycles. The van der Waals surface area contributed by atoms with Gasteiger partial charge in [0.2, 0.25) is 0 Å². The van der Waals surface area contributed by atoms with Crippen molar-refractivity contribution in [1.29, 1.82) is 0 Å². The third-order valence-corrected chi connectivity index (χ3v) is 5.12. The quantitative estimate of drug-likeness (QED) is 0.597. The first-order valence-electron chi connectivity index (χ1n) is 10.2. The van der Waals surface area contributed by atoms with Gasteiger partial charge in [-0.25, -0.2) is 9.59 Å². The van der Waals surface area contributed by atoms with Gasteiger partial charge in [0, 0.05) is 18.7 Å². The van der Waals surface area contributed by atoms with Crippen molar-refractivity contribution in [3.05, 3.63) is 59.2 Å². The molecule has 1 aliphatic rings. The van der Waals surface area contributed by atoms with Crippen LogP contribution in [-0.4, -0.2) is 47.3 Å². The molecule has 0 aliphatic carbocycles. The van der Waals surface area contributed by atoms with E-state index in [1.165, 1.54) is 6.42 Å². The van der Waals surface area contributed by atoms with Crippen LogP contribution in [0.4, 0.5) is 24.5 Å². The van der Waals surface area contributed by atoms with Crippen molar-refractivity contribution < 1.29 is 37.8 Å². The van der Waals surface area contributed by atoms with Crippen molar-refractivity contribution in [2.24, 2.45) is 5.92 Å². The number of halogens is 3. The van der Waals surface area contributed by atoms with Gasteiger partial charge >= 0.3 is 18.1 Å². The van der Waals surface area contributed by atoms with Crippen LogP contribution in [0, 0.1) is 12.8 Å². The molecule has 7 nitrogen and oxygen atoms in total. The van der Waals surface area contributed by atoms with E-state index >= 15 is 0 Å². The van der Waals surface area contributed by atoms with Gasteiger partial charge in [-0.1, -0.05) is 25.1 Å². The zero-order valence-electron chi connectivity index (χ0n) is 18.1. The molecular formula is C23H25F3N2O5. The molecule has 1 fully saturated rings. The third-order valence-electron chi connectivity index (χ3n) is 5.12. The van der Waals surface area contributed by atoms with Crippen molar-refractivity contribution in [3.8, 4) is 0 Å². The Morgan fingerprint density at radius 3 is 2.27 bits per heavy atom. The summed E-state index contributed by atoms with van der Waals surface area (Å²) < 4.78 is 31.7. The molecule has 0 radical (unpaired) electrons. The Bertz CT molecular complexity index is 1020. The van der Waals surface area contributed by atoms with Crippen LogP contribution >= 0.6 is 0 Å². The number of nitrogens with zero attached hydrogens (tertiary/aromatic N) is 1. The molecule has 1 unspecified atom stereocenters. The summed E-state index contributed by atoms with van der Waals surface area (Å²) in [4.78, 5) is 35.2. The summed E-state index contributed by atoms with van der Waals surface area (Å²) in [6, 6.07) is 12.3. The molecule has 178 valence electrons. The second kappa shape index (κ2) is 10.8. The van der Waals surface area contributed by atoms with Crippen LogP contribution in [0.2, 0.25) is 0 Å². The van der Waals surface area contributed by atoms with Gasteiger partial charge in [0.05, 0.1) is 16.9 Å². The summed E-state index contributed by atoms with van der Waals surface area (Å²) in [5.41, 5.74) is 3.06. The molecule has 1 saturated heterocycles. The molecule has 3 rings (SSSR count). The topological polar surface area (TPSA) is 107 Å². The Labute approximate surface area is 188 Å². The summed E-state index contributed by atoms with van der Waals surface area (Å²) in [5, 5.41) is 19.4. The lowest BCUT2D eigenvalue weighted by molar-refractivity contribution is -0.192. The van der Waals surface area contributed by atoms with Crippen LogP contribution in [-0.2, 0) is 4.79 Å². The van der Waals surface area contributed by atoms with Crippen LogP contribution < -0.4 is 10.2 Å². The maximum atomic E-state index is 12.7. The SMILES string of the molecule is Cc1ccccc1C(=O)Nc1cc(C(=O)O)ccc1N1CCCC(C)C1.O=C(O)C(F)(F)F. The number of carbonyl (C=O) groups excluding carboxylic acids is 1. The van der Waals surface area contributed by atoms with Crippen LogP contribution in [0.15, 0.2) is 42.5 Å². The fourth-order valence-electron chi connectivity index (χ4n) is 3.47. The molecule has 1 amide bonds. The summed E-state index contributed by atoms with van der Waals surface area (Å²) in [6.45, 7) is 5.91. The molecule has 0 spiro atoms. The van der Waals surface area contributed by atoms with Crippen LogP contribution in [0.1, 0.15) is 46.0 Å². The Morgan fingerprint density at radius 2 is 1.73 bits per heavy atom. The number of aryl methyl sites for hydroxylation is 1. The van der Waals surface area contributed by atoms with E-state index in [4.69, 9.17) is 9.90 Å². The Hall–Kier alpha value is -3.56. The van der Waals surface area contributed by atoms with Gasteiger partial charge in [0.15, 0.2) is 0 Å². The van der Waals surface area contributed by atoms with Gasteiger partial charge in [-0.3, -0.25) is 4.79 Å². The standard InChI is InChI=1S/C21H24N2O3.C2HF3O2/c1-14-6-5-11-23(13-14)19-10-9-16(21(25)26)12-18(19)22-20(24)17-8-4-3-7-15(17)2;3-2(4,5)1(6)7/h3-4,7-10,12,14H,5-6,11,13H2,1-2H3,(H,22,24)(H,25,26);(H,6,7). The van der Waals surface area contributed by atoms with Crippen molar-refractivity contribution in [2.45, 2.75) is 32.9 Å². The summed E-state index contributed by atoms with van der Waals surface area (Å²) >= 11 is 0. The molecule has 2 aromatic carbocycles. The van der Waals surface area contributed by atoms with Gasteiger partial charge < -0.3 is 20.4 Å². The summed E-state index contributed by atoms with van der Waals surface area (Å²) in [7, 11) is 0. The van der Waals surface area contributed by atoms with Crippen molar-refractivity contribution >= 4 is 29.2 Å². The number of carbonyl (C=O) groups is 3. The van der Waals surface area contributed by atoms with Crippen molar-refractivity contribution in [1.82, 2.24) is 0 Å². The number of aliphatic carboxylic acids is 1. The number of hydrogen-bond acceptors (Lipinski definition) is 4. The maximum Gasteiger partial charge on any atom is 0.490 e. The van der Waals surface area contributed by atoms with E-state index in [0.29, 0.717) is 17.2 Å². The van der Waals surface area contributed by atoms with E-state index in [0.717, 1.165) is 30.8 Å². The predicted molar refractivity (Wildman–Crippen MR) is 117 cm³/mol. The first kappa shape index (κ1) is 25.7. The minimum Gasteiger partial charge on any atom is -0.478 e. The van der Waals surface area contributed by atoms with Gasteiger partial charge in [-0.15, -0.1) is 0 Å². The highest BCUT2D eigenvalue weighted by Crippen LogP contribution is 2.31. The van der Waals surface area contributed by atoms with Crippen LogP contribution in [0.5, 0.6) is 0 Å². The number of benzene rings is 2. The summed E-state index contributed by atoms with van der Waals surface area (Å²) in [5.74, 6) is -3.41. The van der Waals surface area contributed by atoms with E-state index in [2.05, 4.69) is 17.1 Å². The molecule has 0 aromatic heterocycles. The third kappa shape index (κ3) is 7.23. The van der Waals surface area contributed by atoms with Crippen LogP contribution in [0.3, 0.4) is 0 Å². The number of nitrogens with one attached hydrogen (secondary N) is 1. The molecule has 1 aliphatic heterocycles. The fraction of sp³-hybridized carbons (Fsp3) is 0.348. The normalized spacial score (nSPS) is 15.8. The number of hydrogen-bond donors (Lipinski definition) is 3. The number of piperidine rings is 1. The Balaban J connectivity index is 0.000000479. The highest BCUT2D eigenvalue weighted by atomic mass is 19.4. The van der Waals surface area contributed by atoms with Crippen molar-refractivity contribution in [2.75, 3.05) is 23.3 Å².